The molecular weight excluding hydrogens is 354 g/mol. The summed E-state index contributed by atoms with van der Waals surface area (Å²) in [6, 6.07) is 13.7. The molecule has 2 aliphatic rings. The summed E-state index contributed by atoms with van der Waals surface area (Å²) in [5, 5.41) is 0. The summed E-state index contributed by atoms with van der Waals surface area (Å²) >= 11 is 0. The van der Waals surface area contributed by atoms with E-state index in [1.165, 1.54) is 0 Å². The number of amides is 1. The molecule has 0 aliphatic carbocycles. The minimum atomic E-state index is 0.0540. The van der Waals surface area contributed by atoms with E-state index < -0.39 is 0 Å². The number of carbonyl (C=O) groups is 1. The summed E-state index contributed by atoms with van der Waals surface area (Å²) in [6.07, 6.45) is 5.13. The maximum absolute atomic E-state index is 13.4. The maximum atomic E-state index is 13.4. The van der Waals surface area contributed by atoms with Crippen LogP contribution in [0.2, 0.25) is 0 Å². The fraction of sp³-hybridized carbons (Fsp3) is 0.435. The molecule has 0 N–H and O–H groups in total. The summed E-state index contributed by atoms with van der Waals surface area (Å²) in [5.74, 6) is 2.27. The highest BCUT2D eigenvalue weighted by Gasteiger charge is 2.28. The first-order valence-corrected chi connectivity index (χ1v) is 10.1. The van der Waals surface area contributed by atoms with Crippen molar-refractivity contribution in [1.29, 1.82) is 0 Å². The van der Waals surface area contributed by atoms with E-state index in [0.29, 0.717) is 24.5 Å². The second-order valence-electron chi connectivity index (χ2n) is 7.35. The number of hydrogen-bond acceptors (Lipinski definition) is 4. The number of likely N-dealkylation sites (tertiary alicyclic amines) is 1. The topological polar surface area (TPSA) is 48.0 Å². The summed E-state index contributed by atoms with van der Waals surface area (Å²) in [5.41, 5.74) is 1.81. The first-order valence-electron chi connectivity index (χ1n) is 10.1. The van der Waals surface area contributed by atoms with Gasteiger partial charge in [-0.1, -0.05) is 25.0 Å². The van der Waals surface area contributed by atoms with E-state index >= 15 is 0 Å². The zero-order valence-corrected chi connectivity index (χ0v) is 16.4. The van der Waals surface area contributed by atoms with Crippen LogP contribution in [-0.2, 0) is 0 Å². The summed E-state index contributed by atoms with van der Waals surface area (Å²) in [7, 11) is 1.67. The Morgan fingerprint density at radius 3 is 2.54 bits per heavy atom. The lowest BCUT2D eigenvalue weighted by molar-refractivity contribution is 0.0680. The van der Waals surface area contributed by atoms with Crippen molar-refractivity contribution in [2.45, 2.75) is 38.1 Å². The van der Waals surface area contributed by atoms with Gasteiger partial charge in [-0.15, -0.1) is 0 Å². The van der Waals surface area contributed by atoms with Crippen LogP contribution in [0.3, 0.4) is 0 Å². The first kappa shape index (κ1) is 18.7. The number of benzene rings is 2. The van der Waals surface area contributed by atoms with Gasteiger partial charge < -0.3 is 19.1 Å². The molecule has 1 amide bonds. The number of carbonyl (C=O) groups excluding carboxylic acids is 1. The Labute approximate surface area is 166 Å². The van der Waals surface area contributed by atoms with E-state index in [0.717, 1.165) is 55.7 Å². The highest BCUT2D eigenvalue weighted by atomic mass is 16.5. The van der Waals surface area contributed by atoms with Gasteiger partial charge in [0.2, 0.25) is 0 Å². The van der Waals surface area contributed by atoms with Crippen molar-refractivity contribution in [2.75, 3.05) is 26.9 Å². The van der Waals surface area contributed by atoms with Gasteiger partial charge >= 0.3 is 0 Å². The van der Waals surface area contributed by atoms with Crippen molar-refractivity contribution in [3.63, 3.8) is 0 Å². The minimum Gasteiger partial charge on any atom is -0.497 e. The van der Waals surface area contributed by atoms with Crippen molar-refractivity contribution in [1.82, 2.24) is 4.90 Å². The number of ether oxygens (including phenoxy) is 3. The second-order valence-corrected chi connectivity index (χ2v) is 7.35. The van der Waals surface area contributed by atoms with Crippen molar-refractivity contribution >= 4 is 5.91 Å². The van der Waals surface area contributed by atoms with E-state index in [1.807, 2.05) is 35.2 Å². The molecule has 0 spiro atoms. The molecule has 0 bridgehead atoms. The Hall–Kier alpha value is -2.69. The molecule has 1 atom stereocenters. The summed E-state index contributed by atoms with van der Waals surface area (Å²) in [4.78, 5) is 15.5. The molecule has 1 fully saturated rings. The van der Waals surface area contributed by atoms with Gasteiger partial charge in [0, 0.05) is 18.5 Å². The Bertz CT molecular complexity index is 818. The van der Waals surface area contributed by atoms with Crippen LogP contribution >= 0.6 is 0 Å². The van der Waals surface area contributed by atoms with Gasteiger partial charge in [0.1, 0.15) is 5.75 Å². The van der Waals surface area contributed by atoms with Gasteiger partial charge in [-0.25, -0.2) is 0 Å². The lowest BCUT2D eigenvalue weighted by atomic mass is 10.00. The van der Waals surface area contributed by atoms with Crippen LogP contribution in [0.25, 0.3) is 0 Å². The molecule has 2 aromatic carbocycles. The van der Waals surface area contributed by atoms with E-state index in [2.05, 4.69) is 12.1 Å². The predicted octanol–water partition coefficient (Wildman–Crippen LogP) is 4.61. The maximum Gasteiger partial charge on any atom is 0.254 e. The molecule has 4 rings (SSSR count). The van der Waals surface area contributed by atoms with Gasteiger partial charge in [-0.05, 0) is 48.7 Å². The van der Waals surface area contributed by atoms with Crippen LogP contribution in [-0.4, -0.2) is 37.7 Å². The molecule has 1 saturated heterocycles. The van der Waals surface area contributed by atoms with Gasteiger partial charge in [0.15, 0.2) is 11.5 Å². The molecule has 2 aliphatic heterocycles. The van der Waals surface area contributed by atoms with Crippen LogP contribution in [0.4, 0.5) is 0 Å². The largest absolute Gasteiger partial charge is 0.497 e. The molecule has 0 unspecified atom stereocenters. The Kier molecular flexibility index (Phi) is 5.70. The number of nitrogens with zero attached hydrogens (tertiary/aromatic N) is 1. The average Bonchev–Trinajstić information content (AvgIpc) is 3.13. The molecule has 0 saturated carbocycles. The highest BCUT2D eigenvalue weighted by Crippen LogP contribution is 2.35. The Morgan fingerprint density at radius 2 is 1.75 bits per heavy atom. The molecule has 0 radical (unpaired) electrons. The molecule has 0 aromatic heterocycles. The Balaban J connectivity index is 1.62. The quantitative estimate of drug-likeness (QED) is 0.779. The van der Waals surface area contributed by atoms with E-state index in [-0.39, 0.29) is 11.9 Å². The van der Waals surface area contributed by atoms with Gasteiger partial charge in [0.05, 0.1) is 26.4 Å². The fourth-order valence-electron chi connectivity index (χ4n) is 3.99. The van der Waals surface area contributed by atoms with Crippen molar-refractivity contribution in [2.24, 2.45) is 0 Å². The molecule has 5 heteroatoms. The van der Waals surface area contributed by atoms with Crippen molar-refractivity contribution in [3.05, 3.63) is 53.6 Å². The lowest BCUT2D eigenvalue weighted by Crippen LogP contribution is -2.34. The van der Waals surface area contributed by atoms with Gasteiger partial charge in [-0.3, -0.25) is 4.79 Å². The fourth-order valence-corrected chi connectivity index (χ4v) is 3.99. The number of rotatable bonds is 3. The van der Waals surface area contributed by atoms with E-state index in [4.69, 9.17) is 14.2 Å². The third-order valence-electron chi connectivity index (χ3n) is 5.51. The van der Waals surface area contributed by atoms with Gasteiger partial charge in [-0.2, -0.15) is 0 Å². The smallest absolute Gasteiger partial charge is 0.254 e. The van der Waals surface area contributed by atoms with Crippen molar-refractivity contribution < 1.29 is 19.0 Å². The highest BCUT2D eigenvalue weighted by molar-refractivity contribution is 5.95. The SMILES string of the molecule is COc1ccc([C@@H]2CCCCCN2C(=O)c2ccc3c(c2)OCCCO3)cc1. The molecule has 148 valence electrons. The Morgan fingerprint density at radius 1 is 0.964 bits per heavy atom. The average molecular weight is 381 g/mol. The zero-order chi connectivity index (χ0) is 19.3. The van der Waals surface area contributed by atoms with Crippen LogP contribution in [0.1, 0.15) is 54.1 Å². The molecule has 2 heterocycles. The summed E-state index contributed by atoms with van der Waals surface area (Å²) < 4.78 is 16.8. The minimum absolute atomic E-state index is 0.0540. The third-order valence-corrected chi connectivity index (χ3v) is 5.51. The number of fused-ring (bicyclic) bond motifs is 1. The molecule has 28 heavy (non-hydrogen) atoms. The number of hydrogen-bond donors (Lipinski definition) is 0. The normalized spacial score (nSPS) is 19.5. The van der Waals surface area contributed by atoms with Crippen LogP contribution in [0.15, 0.2) is 42.5 Å². The third kappa shape index (κ3) is 3.93. The van der Waals surface area contributed by atoms with Gasteiger partial charge in [0.25, 0.3) is 5.91 Å². The lowest BCUT2D eigenvalue weighted by Gasteiger charge is -2.31. The predicted molar refractivity (Wildman–Crippen MR) is 107 cm³/mol. The summed E-state index contributed by atoms with van der Waals surface area (Å²) in [6.45, 7) is 2.03. The monoisotopic (exact) mass is 381 g/mol. The molecular formula is C23H27NO4. The van der Waals surface area contributed by atoms with E-state index in [9.17, 15) is 4.79 Å². The van der Waals surface area contributed by atoms with Crippen LogP contribution in [0, 0.1) is 0 Å². The zero-order valence-electron chi connectivity index (χ0n) is 16.4. The standard InChI is InChI=1S/C23H27NO4/c1-26-19-10-7-17(8-11-19)20-6-3-2-4-13-24(20)23(25)18-9-12-21-22(16-18)28-15-5-14-27-21/h7-12,16,20H,2-6,13-15H2,1H3/t20-/m0/s1. The van der Waals surface area contributed by atoms with E-state index in [1.54, 1.807) is 7.11 Å². The molecule has 2 aromatic rings. The first-order chi connectivity index (χ1) is 13.8. The van der Waals surface area contributed by atoms with Crippen LogP contribution in [0.5, 0.6) is 17.2 Å². The second kappa shape index (κ2) is 8.55. The van der Waals surface area contributed by atoms with Crippen LogP contribution < -0.4 is 14.2 Å². The molecule has 5 nitrogen and oxygen atoms in total. The number of methoxy groups -OCH3 is 1. The van der Waals surface area contributed by atoms with Crippen molar-refractivity contribution in [3.8, 4) is 17.2 Å².